The van der Waals surface area contributed by atoms with Crippen molar-refractivity contribution in [1.82, 2.24) is 19.1 Å². The fraction of sp³-hybridized carbons (Fsp3) is 0.136. The van der Waals surface area contributed by atoms with Crippen LogP contribution in [-0.4, -0.2) is 32.1 Å². The van der Waals surface area contributed by atoms with Gasteiger partial charge in [0.15, 0.2) is 11.2 Å². The van der Waals surface area contributed by atoms with Gasteiger partial charge in [-0.1, -0.05) is 28.1 Å². The van der Waals surface area contributed by atoms with Gasteiger partial charge in [0.2, 0.25) is 5.91 Å². The molecule has 0 spiro atoms. The highest BCUT2D eigenvalue weighted by molar-refractivity contribution is 9.10. The van der Waals surface area contributed by atoms with Crippen LogP contribution in [0.3, 0.4) is 0 Å². The topological polar surface area (TPSA) is 108 Å². The summed E-state index contributed by atoms with van der Waals surface area (Å²) in [6.07, 6.45) is 2.74. The van der Waals surface area contributed by atoms with Crippen LogP contribution in [0.1, 0.15) is 5.56 Å². The van der Waals surface area contributed by atoms with Crippen LogP contribution >= 0.6 is 15.9 Å². The monoisotopic (exact) mass is 495 g/mol. The van der Waals surface area contributed by atoms with Crippen molar-refractivity contribution in [2.24, 2.45) is 0 Å². The molecule has 2 aromatic heterocycles. The van der Waals surface area contributed by atoms with Crippen molar-refractivity contribution in [3.63, 3.8) is 0 Å². The molecule has 0 aliphatic rings. The van der Waals surface area contributed by atoms with E-state index in [4.69, 9.17) is 4.74 Å². The lowest BCUT2D eigenvalue weighted by atomic mass is 10.2. The maximum atomic E-state index is 13.2. The van der Waals surface area contributed by atoms with E-state index in [1.807, 2.05) is 0 Å². The summed E-state index contributed by atoms with van der Waals surface area (Å²) in [6.45, 7) is -0.335. The Labute approximate surface area is 190 Å². The first-order valence-corrected chi connectivity index (χ1v) is 10.4. The van der Waals surface area contributed by atoms with Gasteiger partial charge in [0.25, 0.3) is 5.56 Å². The van der Waals surface area contributed by atoms with Gasteiger partial charge < -0.3 is 10.1 Å². The molecule has 0 radical (unpaired) electrons. The normalized spacial score (nSPS) is 10.8. The Morgan fingerprint density at radius 2 is 1.81 bits per heavy atom. The Balaban J connectivity index is 1.74. The molecule has 1 amide bonds. The fourth-order valence-electron chi connectivity index (χ4n) is 3.24. The Bertz CT molecular complexity index is 1410. The lowest BCUT2D eigenvalue weighted by molar-refractivity contribution is -0.116. The van der Waals surface area contributed by atoms with E-state index in [0.29, 0.717) is 17.0 Å². The number of methoxy groups -OCH3 is 1. The summed E-state index contributed by atoms with van der Waals surface area (Å²) in [4.78, 5) is 47.1. The van der Waals surface area contributed by atoms with Crippen molar-refractivity contribution in [3.8, 4) is 5.75 Å². The van der Waals surface area contributed by atoms with E-state index in [9.17, 15) is 14.4 Å². The molecular weight excluding hydrogens is 478 g/mol. The van der Waals surface area contributed by atoms with E-state index >= 15 is 0 Å². The lowest BCUT2D eigenvalue weighted by Crippen LogP contribution is -2.42. The number of hydrogen-bond acceptors (Lipinski definition) is 6. The maximum Gasteiger partial charge on any atom is 0.333 e. The number of nitrogens with one attached hydrogen (secondary N) is 1. The van der Waals surface area contributed by atoms with Crippen molar-refractivity contribution in [1.29, 1.82) is 0 Å². The first-order chi connectivity index (χ1) is 15.5. The molecule has 4 rings (SSSR count). The molecular formula is C22H18BrN5O4. The van der Waals surface area contributed by atoms with Gasteiger partial charge in [-0.3, -0.25) is 18.7 Å². The molecule has 2 aromatic carbocycles. The molecule has 32 heavy (non-hydrogen) atoms. The van der Waals surface area contributed by atoms with Crippen molar-refractivity contribution in [2.45, 2.75) is 13.1 Å². The first kappa shape index (κ1) is 21.4. The molecule has 10 heteroatoms. The number of anilines is 1. The molecule has 0 bridgehead atoms. The Morgan fingerprint density at radius 1 is 1.06 bits per heavy atom. The second kappa shape index (κ2) is 9.15. The second-order valence-electron chi connectivity index (χ2n) is 6.90. The minimum atomic E-state index is -0.656. The molecule has 0 saturated carbocycles. The molecule has 162 valence electrons. The zero-order valence-electron chi connectivity index (χ0n) is 17.0. The highest BCUT2D eigenvalue weighted by Gasteiger charge is 2.17. The van der Waals surface area contributed by atoms with Crippen molar-refractivity contribution < 1.29 is 9.53 Å². The van der Waals surface area contributed by atoms with E-state index in [-0.39, 0.29) is 24.3 Å². The number of carbonyl (C=O) groups is 1. The van der Waals surface area contributed by atoms with E-state index in [2.05, 4.69) is 31.2 Å². The standard InChI is InChI=1S/C22H18BrN5O4/c1-32-17-4-2-3-14(11-17)12-28-21(30)19-20(25-10-9-24-19)27(22(28)31)13-18(29)26-16-7-5-15(23)6-8-16/h2-11H,12-13H2,1H3,(H,26,29). The number of fused-ring (bicyclic) bond motifs is 1. The average molecular weight is 496 g/mol. The summed E-state index contributed by atoms with van der Waals surface area (Å²) in [7, 11) is 1.54. The van der Waals surface area contributed by atoms with Gasteiger partial charge in [-0.25, -0.2) is 14.8 Å². The predicted octanol–water partition coefficient (Wildman–Crippen LogP) is 2.41. The third-order valence-corrected chi connectivity index (χ3v) is 5.28. The number of ether oxygens (including phenoxy) is 1. The van der Waals surface area contributed by atoms with Gasteiger partial charge in [-0.15, -0.1) is 0 Å². The number of aromatic nitrogens is 4. The smallest absolute Gasteiger partial charge is 0.333 e. The number of benzene rings is 2. The number of amides is 1. The van der Waals surface area contributed by atoms with Crippen LogP contribution in [0.4, 0.5) is 5.69 Å². The van der Waals surface area contributed by atoms with Crippen LogP contribution in [0.15, 0.2) is 75.0 Å². The van der Waals surface area contributed by atoms with E-state index in [1.165, 1.54) is 19.5 Å². The van der Waals surface area contributed by atoms with Gasteiger partial charge in [-0.05, 0) is 42.0 Å². The molecule has 0 unspecified atom stereocenters. The lowest BCUT2D eigenvalue weighted by Gasteiger charge is -2.13. The van der Waals surface area contributed by atoms with Crippen LogP contribution in [-0.2, 0) is 17.9 Å². The molecule has 4 aromatic rings. The second-order valence-corrected chi connectivity index (χ2v) is 7.81. The van der Waals surface area contributed by atoms with Gasteiger partial charge in [0.05, 0.1) is 13.7 Å². The van der Waals surface area contributed by atoms with Gasteiger partial charge in [0.1, 0.15) is 12.3 Å². The third-order valence-electron chi connectivity index (χ3n) is 4.75. The quantitative estimate of drug-likeness (QED) is 0.440. The van der Waals surface area contributed by atoms with Crippen LogP contribution in [0.25, 0.3) is 11.2 Å². The van der Waals surface area contributed by atoms with Crippen LogP contribution in [0, 0.1) is 0 Å². The molecule has 1 N–H and O–H groups in total. The number of halogens is 1. The zero-order chi connectivity index (χ0) is 22.7. The van der Waals surface area contributed by atoms with Gasteiger partial charge >= 0.3 is 5.69 Å². The van der Waals surface area contributed by atoms with Crippen LogP contribution in [0.5, 0.6) is 5.75 Å². The van der Waals surface area contributed by atoms with E-state index in [1.54, 1.807) is 48.5 Å². The average Bonchev–Trinajstić information content (AvgIpc) is 2.81. The molecule has 0 aliphatic heterocycles. The third kappa shape index (κ3) is 4.45. The van der Waals surface area contributed by atoms with Crippen LogP contribution in [0.2, 0.25) is 0 Å². The minimum absolute atomic E-state index is 0.00425. The Morgan fingerprint density at radius 3 is 2.56 bits per heavy atom. The largest absolute Gasteiger partial charge is 0.497 e. The fourth-order valence-corrected chi connectivity index (χ4v) is 3.51. The molecule has 0 fully saturated rings. The zero-order valence-corrected chi connectivity index (χ0v) is 18.6. The van der Waals surface area contributed by atoms with Crippen molar-refractivity contribution in [3.05, 3.63) is 91.8 Å². The highest BCUT2D eigenvalue weighted by Crippen LogP contribution is 2.15. The van der Waals surface area contributed by atoms with Crippen molar-refractivity contribution >= 4 is 38.7 Å². The Kier molecular flexibility index (Phi) is 6.13. The van der Waals surface area contributed by atoms with Crippen molar-refractivity contribution in [2.75, 3.05) is 12.4 Å². The molecule has 0 aliphatic carbocycles. The molecule has 0 saturated heterocycles. The summed E-state index contributed by atoms with van der Waals surface area (Å²) in [5.41, 5.74) is 0.0908. The summed E-state index contributed by atoms with van der Waals surface area (Å²) in [6, 6.07) is 14.1. The summed E-state index contributed by atoms with van der Waals surface area (Å²) >= 11 is 3.34. The summed E-state index contributed by atoms with van der Waals surface area (Å²) in [5, 5.41) is 2.74. The summed E-state index contributed by atoms with van der Waals surface area (Å²) in [5.74, 6) is 0.165. The SMILES string of the molecule is COc1cccc(Cn2c(=O)c3nccnc3n(CC(=O)Nc3ccc(Br)cc3)c2=O)c1. The van der Waals surface area contributed by atoms with E-state index < -0.39 is 17.2 Å². The Hall–Kier alpha value is -3.79. The molecule has 2 heterocycles. The summed E-state index contributed by atoms with van der Waals surface area (Å²) < 4.78 is 8.28. The van der Waals surface area contributed by atoms with Crippen LogP contribution < -0.4 is 21.3 Å². The molecule has 9 nitrogen and oxygen atoms in total. The van der Waals surface area contributed by atoms with Gasteiger partial charge in [-0.2, -0.15) is 0 Å². The number of rotatable bonds is 6. The number of hydrogen-bond donors (Lipinski definition) is 1. The number of carbonyl (C=O) groups excluding carboxylic acids is 1. The maximum absolute atomic E-state index is 13.2. The van der Waals surface area contributed by atoms with E-state index in [0.717, 1.165) is 13.6 Å². The minimum Gasteiger partial charge on any atom is -0.497 e. The highest BCUT2D eigenvalue weighted by atomic mass is 79.9. The molecule has 0 atom stereocenters. The first-order valence-electron chi connectivity index (χ1n) is 9.59. The number of nitrogens with zero attached hydrogens (tertiary/aromatic N) is 4. The van der Waals surface area contributed by atoms with Gasteiger partial charge in [0, 0.05) is 22.6 Å². The predicted molar refractivity (Wildman–Crippen MR) is 123 cm³/mol.